The highest BCUT2D eigenvalue weighted by Crippen LogP contribution is 2.23. The molecular weight excluding hydrogens is 320 g/mol. The molecule has 1 aromatic heterocycles. The van der Waals surface area contributed by atoms with Crippen LogP contribution in [-0.2, 0) is 6.54 Å². The molecule has 2 amide bonds. The second-order valence-electron chi connectivity index (χ2n) is 5.69. The smallest absolute Gasteiger partial charge is 0.315 e. The van der Waals surface area contributed by atoms with Crippen molar-refractivity contribution in [3.63, 3.8) is 0 Å². The molecule has 0 fully saturated rings. The summed E-state index contributed by atoms with van der Waals surface area (Å²) in [5.74, 6) is 0. The van der Waals surface area contributed by atoms with Crippen molar-refractivity contribution < 1.29 is 9.90 Å². The molecule has 1 unspecified atom stereocenters. The fourth-order valence-corrected chi connectivity index (χ4v) is 3.61. The Bertz CT molecular complexity index is 839. The minimum atomic E-state index is -0.673. The molecule has 3 rings (SSSR count). The molecular formula is C19H20N2O2S. The highest BCUT2D eigenvalue weighted by molar-refractivity contribution is 7.10. The fourth-order valence-electron chi connectivity index (χ4n) is 2.69. The van der Waals surface area contributed by atoms with E-state index in [1.807, 2.05) is 48.7 Å². The van der Waals surface area contributed by atoms with Crippen LogP contribution in [0.3, 0.4) is 0 Å². The lowest BCUT2D eigenvalue weighted by molar-refractivity contribution is 0.176. The number of hydrogen-bond acceptors (Lipinski definition) is 3. The van der Waals surface area contributed by atoms with Gasteiger partial charge in [-0.3, -0.25) is 0 Å². The number of aliphatic hydroxyl groups is 1. The van der Waals surface area contributed by atoms with Crippen LogP contribution in [-0.4, -0.2) is 17.7 Å². The number of benzene rings is 2. The average molecular weight is 340 g/mol. The third-order valence-electron chi connectivity index (χ3n) is 3.98. The summed E-state index contributed by atoms with van der Waals surface area (Å²) in [5, 5.41) is 19.9. The summed E-state index contributed by atoms with van der Waals surface area (Å²) in [6.45, 7) is 2.60. The highest BCUT2D eigenvalue weighted by atomic mass is 32.1. The van der Waals surface area contributed by atoms with Gasteiger partial charge in [-0.1, -0.05) is 42.5 Å². The van der Waals surface area contributed by atoms with Crippen molar-refractivity contribution in [1.82, 2.24) is 10.6 Å². The molecule has 3 N–H and O–H groups in total. The Morgan fingerprint density at radius 3 is 2.71 bits per heavy atom. The topological polar surface area (TPSA) is 61.4 Å². The number of amides is 2. The molecule has 5 heteroatoms. The number of aliphatic hydroxyl groups excluding tert-OH is 1. The molecule has 2 aromatic carbocycles. The Balaban J connectivity index is 1.55. The van der Waals surface area contributed by atoms with Crippen molar-refractivity contribution in [3.05, 3.63) is 69.9 Å². The zero-order chi connectivity index (χ0) is 16.9. The second kappa shape index (κ2) is 7.47. The Labute approximate surface area is 145 Å². The van der Waals surface area contributed by atoms with Gasteiger partial charge in [-0.25, -0.2) is 4.79 Å². The predicted octanol–water partition coefficient (Wildman–Crippen LogP) is 3.74. The van der Waals surface area contributed by atoms with Crippen LogP contribution < -0.4 is 10.6 Å². The summed E-state index contributed by atoms with van der Waals surface area (Å²) in [7, 11) is 0. The quantitative estimate of drug-likeness (QED) is 0.662. The molecule has 0 radical (unpaired) electrons. The summed E-state index contributed by atoms with van der Waals surface area (Å²) in [6, 6.07) is 15.8. The van der Waals surface area contributed by atoms with Gasteiger partial charge in [0.15, 0.2) is 0 Å². The normalized spacial score (nSPS) is 12.1. The van der Waals surface area contributed by atoms with Crippen molar-refractivity contribution in [3.8, 4) is 0 Å². The first kappa shape index (κ1) is 16.5. The van der Waals surface area contributed by atoms with Crippen LogP contribution >= 0.6 is 11.3 Å². The van der Waals surface area contributed by atoms with Crippen LogP contribution in [0, 0.1) is 6.92 Å². The number of fused-ring (bicyclic) bond motifs is 1. The van der Waals surface area contributed by atoms with Crippen LogP contribution in [0.5, 0.6) is 0 Å². The van der Waals surface area contributed by atoms with Crippen LogP contribution in [0.2, 0.25) is 0 Å². The maximum atomic E-state index is 12.0. The SMILES string of the molecule is Cc1ccsc1C(O)CNC(=O)NCc1cccc2ccccc12. The van der Waals surface area contributed by atoms with E-state index in [2.05, 4.69) is 22.8 Å². The number of carbonyl (C=O) groups excluding carboxylic acids is 1. The lowest BCUT2D eigenvalue weighted by Crippen LogP contribution is -2.37. The minimum Gasteiger partial charge on any atom is -0.386 e. The van der Waals surface area contributed by atoms with E-state index in [-0.39, 0.29) is 12.6 Å². The molecule has 0 aliphatic heterocycles. The van der Waals surface area contributed by atoms with E-state index in [4.69, 9.17) is 0 Å². The van der Waals surface area contributed by atoms with E-state index in [1.54, 1.807) is 0 Å². The van der Waals surface area contributed by atoms with E-state index in [1.165, 1.54) is 11.3 Å². The van der Waals surface area contributed by atoms with Gasteiger partial charge in [0, 0.05) is 11.4 Å². The third kappa shape index (κ3) is 3.75. The van der Waals surface area contributed by atoms with Crippen molar-refractivity contribution in [1.29, 1.82) is 0 Å². The van der Waals surface area contributed by atoms with E-state index < -0.39 is 6.10 Å². The van der Waals surface area contributed by atoms with Gasteiger partial charge in [0.2, 0.25) is 0 Å². The summed E-state index contributed by atoms with van der Waals surface area (Å²) < 4.78 is 0. The molecule has 0 aliphatic carbocycles. The first-order valence-electron chi connectivity index (χ1n) is 7.85. The first-order valence-corrected chi connectivity index (χ1v) is 8.73. The third-order valence-corrected chi connectivity index (χ3v) is 5.10. The lowest BCUT2D eigenvalue weighted by Gasteiger charge is -2.13. The molecule has 24 heavy (non-hydrogen) atoms. The molecule has 0 saturated heterocycles. The second-order valence-corrected chi connectivity index (χ2v) is 6.63. The van der Waals surface area contributed by atoms with Crippen LogP contribution in [0.1, 0.15) is 22.1 Å². The zero-order valence-electron chi connectivity index (χ0n) is 13.5. The van der Waals surface area contributed by atoms with E-state index in [9.17, 15) is 9.90 Å². The largest absolute Gasteiger partial charge is 0.386 e. The number of thiophene rings is 1. The van der Waals surface area contributed by atoms with Gasteiger partial charge in [0.25, 0.3) is 0 Å². The van der Waals surface area contributed by atoms with Gasteiger partial charge in [-0.2, -0.15) is 0 Å². The van der Waals surface area contributed by atoms with Gasteiger partial charge in [0.05, 0.1) is 6.54 Å². The molecule has 124 valence electrons. The summed E-state index contributed by atoms with van der Waals surface area (Å²) in [6.07, 6.45) is -0.673. The van der Waals surface area contributed by atoms with E-state index in [0.717, 1.165) is 26.8 Å². The Morgan fingerprint density at radius 1 is 1.12 bits per heavy atom. The number of urea groups is 1. The Morgan fingerprint density at radius 2 is 1.92 bits per heavy atom. The molecule has 1 atom stereocenters. The average Bonchev–Trinajstić information content (AvgIpc) is 3.04. The van der Waals surface area contributed by atoms with Gasteiger partial charge in [-0.15, -0.1) is 11.3 Å². The summed E-state index contributed by atoms with van der Waals surface area (Å²) >= 11 is 1.50. The minimum absolute atomic E-state index is 0.197. The number of rotatable bonds is 5. The van der Waals surface area contributed by atoms with Crippen LogP contribution in [0.4, 0.5) is 4.79 Å². The van der Waals surface area contributed by atoms with Crippen molar-refractivity contribution in [2.45, 2.75) is 19.6 Å². The molecule has 0 spiro atoms. The maximum Gasteiger partial charge on any atom is 0.315 e. The number of nitrogens with one attached hydrogen (secondary N) is 2. The monoisotopic (exact) mass is 340 g/mol. The van der Waals surface area contributed by atoms with Gasteiger partial charge >= 0.3 is 6.03 Å². The van der Waals surface area contributed by atoms with E-state index in [0.29, 0.717) is 6.54 Å². The maximum absolute atomic E-state index is 12.0. The first-order chi connectivity index (χ1) is 11.6. The summed E-state index contributed by atoms with van der Waals surface area (Å²) in [5.41, 5.74) is 2.11. The Kier molecular flexibility index (Phi) is 5.13. The molecule has 0 aliphatic rings. The predicted molar refractivity (Wildman–Crippen MR) is 98.2 cm³/mol. The fraction of sp³-hybridized carbons (Fsp3) is 0.211. The number of hydrogen-bond donors (Lipinski definition) is 3. The van der Waals surface area contributed by atoms with Gasteiger partial charge in [0.1, 0.15) is 6.10 Å². The highest BCUT2D eigenvalue weighted by Gasteiger charge is 2.13. The van der Waals surface area contributed by atoms with Crippen molar-refractivity contribution in [2.24, 2.45) is 0 Å². The molecule has 4 nitrogen and oxygen atoms in total. The molecule has 0 saturated carbocycles. The zero-order valence-corrected chi connectivity index (χ0v) is 14.3. The lowest BCUT2D eigenvalue weighted by atomic mass is 10.0. The van der Waals surface area contributed by atoms with Crippen LogP contribution in [0.25, 0.3) is 10.8 Å². The molecule has 0 bridgehead atoms. The standard InChI is InChI=1S/C19H20N2O2S/c1-13-9-10-24-18(13)17(22)12-21-19(23)20-11-15-7-4-6-14-5-2-3-8-16(14)15/h2-10,17,22H,11-12H2,1H3,(H2,20,21,23). The van der Waals surface area contributed by atoms with Crippen molar-refractivity contribution in [2.75, 3.05) is 6.54 Å². The van der Waals surface area contributed by atoms with Gasteiger partial charge in [-0.05, 0) is 40.3 Å². The summed E-state index contributed by atoms with van der Waals surface area (Å²) in [4.78, 5) is 12.9. The van der Waals surface area contributed by atoms with Gasteiger partial charge < -0.3 is 15.7 Å². The molecule has 3 aromatic rings. The number of carbonyl (C=O) groups is 1. The Hall–Kier alpha value is -2.37. The van der Waals surface area contributed by atoms with Crippen molar-refractivity contribution >= 4 is 28.1 Å². The molecule has 1 heterocycles. The van der Waals surface area contributed by atoms with E-state index >= 15 is 0 Å². The van der Waals surface area contributed by atoms with Crippen LogP contribution in [0.15, 0.2) is 53.9 Å². The number of aryl methyl sites for hydroxylation is 1.